The van der Waals surface area contributed by atoms with Gasteiger partial charge in [-0.15, -0.1) is 0 Å². The second kappa shape index (κ2) is 6.01. The van der Waals surface area contributed by atoms with Gasteiger partial charge < -0.3 is 9.88 Å². The number of aromatic amines is 1. The third-order valence-corrected chi connectivity index (χ3v) is 5.44. The fourth-order valence-corrected chi connectivity index (χ4v) is 3.85. The Labute approximate surface area is 156 Å². The van der Waals surface area contributed by atoms with E-state index >= 15 is 0 Å². The van der Waals surface area contributed by atoms with E-state index in [0.717, 1.165) is 35.1 Å². The Balaban J connectivity index is 1.55. The van der Waals surface area contributed by atoms with Crippen LogP contribution >= 0.6 is 0 Å². The predicted molar refractivity (Wildman–Crippen MR) is 102 cm³/mol. The van der Waals surface area contributed by atoms with Crippen molar-refractivity contribution < 1.29 is 4.79 Å². The van der Waals surface area contributed by atoms with Crippen molar-refractivity contribution in [3.05, 3.63) is 69.0 Å². The molecule has 3 heterocycles. The number of nitrogens with zero attached hydrogens (tertiary/aromatic N) is 3. The molecule has 1 aromatic carbocycles. The van der Waals surface area contributed by atoms with E-state index in [9.17, 15) is 9.59 Å². The van der Waals surface area contributed by atoms with Crippen molar-refractivity contribution in [1.82, 2.24) is 19.9 Å². The summed E-state index contributed by atoms with van der Waals surface area (Å²) in [6.07, 6.45) is 2.87. The van der Waals surface area contributed by atoms with E-state index in [-0.39, 0.29) is 11.5 Å². The van der Waals surface area contributed by atoms with Crippen LogP contribution in [0, 0.1) is 6.92 Å². The molecule has 2 aliphatic rings. The Morgan fingerprint density at radius 3 is 2.85 bits per heavy atom. The maximum Gasteiger partial charge on any atom is 0.256 e. The van der Waals surface area contributed by atoms with Gasteiger partial charge in [-0.1, -0.05) is 18.2 Å². The monoisotopic (exact) mass is 360 g/mol. The third-order valence-electron chi connectivity index (χ3n) is 5.44. The fourth-order valence-electron chi connectivity index (χ4n) is 3.85. The highest BCUT2D eigenvalue weighted by molar-refractivity contribution is 6.06. The van der Waals surface area contributed by atoms with Gasteiger partial charge in [0.25, 0.3) is 11.5 Å². The number of nitrogens with one attached hydrogen (secondary N) is 1. The molecule has 0 spiro atoms. The van der Waals surface area contributed by atoms with Gasteiger partial charge in [-0.05, 0) is 31.9 Å². The van der Waals surface area contributed by atoms with Crippen LogP contribution in [0.25, 0.3) is 10.9 Å². The highest BCUT2D eigenvalue weighted by atomic mass is 16.2. The van der Waals surface area contributed by atoms with Crippen molar-refractivity contribution >= 4 is 16.8 Å². The van der Waals surface area contributed by atoms with Crippen LogP contribution in [-0.2, 0) is 13.0 Å². The van der Waals surface area contributed by atoms with E-state index in [0.29, 0.717) is 42.4 Å². The molecule has 1 saturated carbocycles. The number of carbonyl (C=O) groups is 1. The molecule has 6 nitrogen and oxygen atoms in total. The quantitative estimate of drug-likeness (QED) is 0.762. The molecule has 1 aliphatic carbocycles. The summed E-state index contributed by atoms with van der Waals surface area (Å²) in [6, 6.07) is 9.74. The maximum absolute atomic E-state index is 13.4. The summed E-state index contributed by atoms with van der Waals surface area (Å²) < 4.78 is 0. The molecule has 27 heavy (non-hydrogen) atoms. The Morgan fingerprint density at radius 2 is 2.04 bits per heavy atom. The van der Waals surface area contributed by atoms with Crippen molar-refractivity contribution in [2.45, 2.75) is 38.6 Å². The van der Waals surface area contributed by atoms with Gasteiger partial charge in [-0.2, -0.15) is 0 Å². The Bertz CT molecular complexity index is 1130. The second-order valence-electron chi connectivity index (χ2n) is 7.44. The molecule has 5 rings (SSSR count). The van der Waals surface area contributed by atoms with Gasteiger partial charge in [0.05, 0.1) is 28.9 Å². The first kappa shape index (κ1) is 16.2. The SMILES string of the molecule is Cc1nc2c(c(=O)[nH]1)CN(C(=O)c1cc(C3CC3)nc3ccccc13)CC2. The number of aryl methyl sites for hydroxylation is 1. The van der Waals surface area contributed by atoms with Crippen LogP contribution in [0.2, 0.25) is 0 Å². The number of fused-ring (bicyclic) bond motifs is 2. The zero-order valence-corrected chi connectivity index (χ0v) is 15.2. The third kappa shape index (κ3) is 2.81. The maximum atomic E-state index is 13.4. The minimum Gasteiger partial charge on any atom is -0.334 e. The van der Waals surface area contributed by atoms with Crippen molar-refractivity contribution in [2.75, 3.05) is 6.54 Å². The van der Waals surface area contributed by atoms with Crippen molar-refractivity contribution in [3.8, 4) is 0 Å². The number of hydrogen-bond donors (Lipinski definition) is 1. The van der Waals surface area contributed by atoms with Crippen LogP contribution in [0.3, 0.4) is 0 Å². The summed E-state index contributed by atoms with van der Waals surface area (Å²) in [5.41, 5.74) is 3.80. The summed E-state index contributed by atoms with van der Waals surface area (Å²) >= 11 is 0. The fraction of sp³-hybridized carbons (Fsp3) is 0.333. The lowest BCUT2D eigenvalue weighted by Gasteiger charge is -2.28. The first-order valence-electron chi connectivity index (χ1n) is 9.38. The molecule has 3 aromatic rings. The van der Waals surface area contributed by atoms with Crippen LogP contribution < -0.4 is 5.56 Å². The molecule has 136 valence electrons. The van der Waals surface area contributed by atoms with Gasteiger partial charge in [0.15, 0.2) is 0 Å². The average Bonchev–Trinajstić information content (AvgIpc) is 3.51. The molecular weight excluding hydrogens is 340 g/mol. The van der Waals surface area contributed by atoms with E-state index in [4.69, 9.17) is 4.98 Å². The van der Waals surface area contributed by atoms with Crippen LogP contribution in [-0.4, -0.2) is 32.3 Å². The van der Waals surface area contributed by atoms with Gasteiger partial charge >= 0.3 is 0 Å². The van der Waals surface area contributed by atoms with E-state index in [2.05, 4.69) is 9.97 Å². The first-order valence-corrected chi connectivity index (χ1v) is 9.38. The van der Waals surface area contributed by atoms with E-state index in [1.807, 2.05) is 30.3 Å². The van der Waals surface area contributed by atoms with Crippen molar-refractivity contribution in [1.29, 1.82) is 0 Å². The summed E-state index contributed by atoms with van der Waals surface area (Å²) in [7, 11) is 0. The molecule has 1 aliphatic heterocycles. The van der Waals surface area contributed by atoms with Crippen LogP contribution in [0.4, 0.5) is 0 Å². The van der Waals surface area contributed by atoms with Gasteiger partial charge in [0.1, 0.15) is 5.82 Å². The average molecular weight is 360 g/mol. The molecule has 1 N–H and O–H groups in total. The van der Waals surface area contributed by atoms with Gasteiger partial charge in [0.2, 0.25) is 0 Å². The van der Waals surface area contributed by atoms with Crippen LogP contribution in [0.5, 0.6) is 0 Å². The number of benzene rings is 1. The number of para-hydroxylation sites is 1. The Kier molecular flexibility index (Phi) is 3.60. The first-order chi connectivity index (χ1) is 13.1. The number of carbonyl (C=O) groups excluding carboxylic acids is 1. The Morgan fingerprint density at radius 1 is 1.22 bits per heavy atom. The molecular formula is C21H20N4O2. The standard InChI is InChI=1S/C21H20N4O2/c1-12-22-18-8-9-25(11-16(18)20(26)23-12)21(27)15-10-19(13-6-7-13)24-17-5-3-2-4-14(15)17/h2-5,10,13H,6-9,11H2,1H3,(H,22,23,26). The van der Waals surface area contributed by atoms with Crippen molar-refractivity contribution in [2.24, 2.45) is 0 Å². The van der Waals surface area contributed by atoms with Crippen molar-refractivity contribution in [3.63, 3.8) is 0 Å². The zero-order valence-electron chi connectivity index (χ0n) is 15.2. The molecule has 2 aromatic heterocycles. The summed E-state index contributed by atoms with van der Waals surface area (Å²) in [5.74, 6) is 1.05. The summed E-state index contributed by atoms with van der Waals surface area (Å²) in [6.45, 7) is 2.64. The summed E-state index contributed by atoms with van der Waals surface area (Å²) in [5, 5.41) is 0.869. The van der Waals surface area contributed by atoms with Gasteiger partial charge in [-0.3, -0.25) is 14.6 Å². The number of H-pyrrole nitrogens is 1. The van der Waals surface area contributed by atoms with E-state index in [1.54, 1.807) is 11.8 Å². The number of amides is 1. The molecule has 1 amide bonds. The number of aromatic nitrogens is 3. The smallest absolute Gasteiger partial charge is 0.256 e. The second-order valence-corrected chi connectivity index (χ2v) is 7.44. The molecule has 0 radical (unpaired) electrons. The largest absolute Gasteiger partial charge is 0.334 e. The molecule has 0 atom stereocenters. The van der Waals surface area contributed by atoms with E-state index < -0.39 is 0 Å². The predicted octanol–water partition coefficient (Wildman–Crippen LogP) is 2.70. The normalized spacial score (nSPS) is 16.4. The molecule has 6 heteroatoms. The molecule has 0 bridgehead atoms. The topological polar surface area (TPSA) is 79.0 Å². The van der Waals surface area contributed by atoms with Crippen LogP contribution in [0.15, 0.2) is 35.1 Å². The molecule has 0 saturated heterocycles. The minimum atomic E-state index is -0.145. The number of rotatable bonds is 2. The molecule has 0 unspecified atom stereocenters. The highest BCUT2D eigenvalue weighted by Gasteiger charge is 2.29. The molecule has 1 fully saturated rings. The zero-order chi connectivity index (χ0) is 18.5. The number of hydrogen-bond acceptors (Lipinski definition) is 4. The lowest BCUT2D eigenvalue weighted by molar-refractivity contribution is 0.0734. The number of pyridine rings is 1. The Hall–Kier alpha value is -3.02. The van der Waals surface area contributed by atoms with Gasteiger partial charge in [0, 0.05) is 30.0 Å². The van der Waals surface area contributed by atoms with Crippen LogP contribution in [0.1, 0.15) is 51.9 Å². The van der Waals surface area contributed by atoms with E-state index in [1.165, 1.54) is 0 Å². The lowest BCUT2D eigenvalue weighted by Crippen LogP contribution is -2.39. The lowest BCUT2D eigenvalue weighted by atomic mass is 10.0. The summed E-state index contributed by atoms with van der Waals surface area (Å²) in [4.78, 5) is 39.4. The highest BCUT2D eigenvalue weighted by Crippen LogP contribution is 2.40. The minimum absolute atomic E-state index is 0.0406. The van der Waals surface area contributed by atoms with Gasteiger partial charge in [-0.25, -0.2) is 4.98 Å².